The van der Waals surface area contributed by atoms with Crippen LogP contribution >= 0.6 is 11.3 Å². The zero-order chi connectivity index (χ0) is 17.1. The van der Waals surface area contributed by atoms with E-state index in [1.54, 1.807) is 28.0 Å². The van der Waals surface area contributed by atoms with E-state index in [0.29, 0.717) is 19.7 Å². The van der Waals surface area contributed by atoms with Gasteiger partial charge in [-0.1, -0.05) is 0 Å². The molecule has 0 atom stereocenters. The van der Waals surface area contributed by atoms with Gasteiger partial charge in [-0.05, 0) is 38.3 Å². The van der Waals surface area contributed by atoms with Gasteiger partial charge in [0.05, 0.1) is 18.8 Å². The van der Waals surface area contributed by atoms with Gasteiger partial charge >= 0.3 is 6.03 Å². The van der Waals surface area contributed by atoms with Crippen LogP contribution in [0.4, 0.5) is 10.6 Å². The number of ether oxygens (including phenoxy) is 1. The molecular formula is C17H24N4O2S. The Bertz CT molecular complexity index is 722. The van der Waals surface area contributed by atoms with E-state index in [1.165, 1.54) is 15.3 Å². The predicted octanol–water partition coefficient (Wildman–Crippen LogP) is 2.96. The third-order valence-corrected chi connectivity index (χ3v) is 5.27. The lowest BCUT2D eigenvalue weighted by molar-refractivity contribution is 0.153. The average molecular weight is 348 g/mol. The molecule has 1 N–H and O–H groups in total. The highest BCUT2D eigenvalue weighted by Crippen LogP contribution is 2.28. The van der Waals surface area contributed by atoms with Crippen LogP contribution in [0.3, 0.4) is 0 Å². The molecule has 7 heteroatoms. The van der Waals surface area contributed by atoms with E-state index in [-0.39, 0.29) is 6.03 Å². The van der Waals surface area contributed by atoms with Crippen molar-refractivity contribution in [1.29, 1.82) is 0 Å². The van der Waals surface area contributed by atoms with Crippen molar-refractivity contribution >= 4 is 23.2 Å². The Morgan fingerprint density at radius 1 is 1.46 bits per heavy atom. The van der Waals surface area contributed by atoms with E-state index >= 15 is 0 Å². The van der Waals surface area contributed by atoms with Gasteiger partial charge in [0, 0.05) is 36.0 Å². The highest BCUT2D eigenvalue weighted by molar-refractivity contribution is 7.11. The lowest BCUT2D eigenvalue weighted by atomic mass is 10.2. The molecule has 0 bridgehead atoms. The van der Waals surface area contributed by atoms with Crippen LogP contribution in [-0.2, 0) is 31.2 Å². The lowest BCUT2D eigenvalue weighted by Crippen LogP contribution is -2.37. The Labute approximate surface area is 146 Å². The first kappa shape index (κ1) is 17.0. The normalized spacial score (nSPS) is 13.1. The number of thiophene rings is 1. The van der Waals surface area contributed by atoms with Crippen LogP contribution in [0.5, 0.6) is 0 Å². The van der Waals surface area contributed by atoms with Gasteiger partial charge < -0.3 is 9.64 Å². The van der Waals surface area contributed by atoms with Crippen LogP contribution in [0.15, 0.2) is 12.1 Å². The second-order valence-corrected chi connectivity index (χ2v) is 7.48. The Morgan fingerprint density at radius 2 is 2.29 bits per heavy atom. The highest BCUT2D eigenvalue weighted by Gasteiger charge is 2.24. The molecule has 130 valence electrons. The van der Waals surface area contributed by atoms with Crippen molar-refractivity contribution in [3.63, 3.8) is 0 Å². The summed E-state index contributed by atoms with van der Waals surface area (Å²) in [4.78, 5) is 17.0. The minimum atomic E-state index is -0.101. The fourth-order valence-corrected chi connectivity index (χ4v) is 3.97. The maximum Gasteiger partial charge on any atom is 0.323 e. The van der Waals surface area contributed by atoms with Crippen molar-refractivity contribution in [2.24, 2.45) is 7.05 Å². The maximum absolute atomic E-state index is 12.8. The lowest BCUT2D eigenvalue weighted by Gasteiger charge is -2.22. The number of rotatable bonds is 6. The van der Waals surface area contributed by atoms with Gasteiger partial charge in [-0.15, -0.1) is 11.3 Å². The molecule has 0 aromatic carbocycles. The van der Waals surface area contributed by atoms with Gasteiger partial charge in [-0.2, -0.15) is 5.10 Å². The SMILES string of the molecule is COCCN(Cc1ccc(C)s1)C(=O)Nc1c2c(nn1C)CCC2. The summed E-state index contributed by atoms with van der Waals surface area (Å²) in [5, 5.41) is 7.58. The number of amides is 2. The van der Waals surface area contributed by atoms with Crippen molar-refractivity contribution in [1.82, 2.24) is 14.7 Å². The Morgan fingerprint density at radius 3 is 3.00 bits per heavy atom. The standard InChI is InChI=1S/C17H24N4O2S/c1-12-7-8-13(24-12)11-21(9-10-23-3)17(22)18-16-14-5-4-6-15(14)19-20(16)2/h7-8H,4-6,9-11H2,1-3H3,(H,18,22). The van der Waals surface area contributed by atoms with Crippen molar-refractivity contribution in [3.8, 4) is 0 Å². The Balaban J connectivity index is 1.73. The summed E-state index contributed by atoms with van der Waals surface area (Å²) in [5.74, 6) is 0.831. The van der Waals surface area contributed by atoms with Crippen molar-refractivity contribution < 1.29 is 9.53 Å². The molecule has 0 aliphatic heterocycles. The molecule has 1 aliphatic rings. The molecule has 0 unspecified atom stereocenters. The van der Waals surface area contributed by atoms with Crippen LogP contribution in [0.2, 0.25) is 0 Å². The Hall–Kier alpha value is -1.86. The summed E-state index contributed by atoms with van der Waals surface area (Å²) in [5.41, 5.74) is 2.30. The molecule has 6 nitrogen and oxygen atoms in total. The van der Waals surface area contributed by atoms with E-state index in [1.807, 2.05) is 7.05 Å². The average Bonchev–Trinajstić information content (AvgIpc) is 3.23. The predicted molar refractivity (Wildman–Crippen MR) is 95.6 cm³/mol. The number of anilines is 1. The summed E-state index contributed by atoms with van der Waals surface area (Å²) < 4.78 is 6.95. The topological polar surface area (TPSA) is 59.4 Å². The second kappa shape index (κ2) is 7.36. The monoisotopic (exact) mass is 348 g/mol. The van der Waals surface area contributed by atoms with E-state index in [0.717, 1.165) is 30.8 Å². The first-order valence-electron chi connectivity index (χ1n) is 8.23. The molecule has 2 amide bonds. The molecule has 0 saturated carbocycles. The minimum absolute atomic E-state index is 0.101. The first-order chi connectivity index (χ1) is 11.6. The van der Waals surface area contributed by atoms with Crippen LogP contribution in [-0.4, -0.2) is 41.0 Å². The molecule has 2 aromatic rings. The Kier molecular flexibility index (Phi) is 5.20. The summed E-state index contributed by atoms with van der Waals surface area (Å²) in [7, 11) is 3.54. The van der Waals surface area contributed by atoms with Crippen LogP contribution in [0, 0.1) is 6.92 Å². The number of urea groups is 1. The number of carbonyl (C=O) groups is 1. The van der Waals surface area contributed by atoms with Crippen molar-refractivity contribution in [2.75, 3.05) is 25.6 Å². The largest absolute Gasteiger partial charge is 0.383 e. The number of nitrogens with one attached hydrogen (secondary N) is 1. The van der Waals surface area contributed by atoms with E-state index in [9.17, 15) is 4.79 Å². The fraction of sp³-hybridized carbons (Fsp3) is 0.529. The van der Waals surface area contributed by atoms with E-state index in [4.69, 9.17) is 4.74 Å². The maximum atomic E-state index is 12.8. The molecule has 3 rings (SSSR count). The van der Waals surface area contributed by atoms with Crippen LogP contribution in [0.1, 0.15) is 27.4 Å². The van der Waals surface area contributed by atoms with Gasteiger partial charge in [0.15, 0.2) is 0 Å². The van der Waals surface area contributed by atoms with E-state index in [2.05, 4.69) is 29.5 Å². The second-order valence-electron chi connectivity index (χ2n) is 6.11. The molecule has 2 heterocycles. The molecule has 0 radical (unpaired) electrons. The highest BCUT2D eigenvalue weighted by atomic mass is 32.1. The molecule has 0 spiro atoms. The summed E-state index contributed by atoms with van der Waals surface area (Å²) in [6.45, 7) is 3.74. The van der Waals surface area contributed by atoms with Gasteiger partial charge in [0.25, 0.3) is 0 Å². The summed E-state index contributed by atoms with van der Waals surface area (Å²) in [6.07, 6.45) is 3.10. The van der Waals surface area contributed by atoms with Crippen molar-refractivity contribution in [3.05, 3.63) is 33.1 Å². The number of carbonyl (C=O) groups excluding carboxylic acids is 1. The zero-order valence-corrected chi connectivity index (χ0v) is 15.3. The fourth-order valence-electron chi connectivity index (χ4n) is 3.07. The van der Waals surface area contributed by atoms with Crippen molar-refractivity contribution in [2.45, 2.75) is 32.7 Å². The van der Waals surface area contributed by atoms with Gasteiger partial charge in [0.1, 0.15) is 5.82 Å². The van der Waals surface area contributed by atoms with Crippen LogP contribution in [0.25, 0.3) is 0 Å². The minimum Gasteiger partial charge on any atom is -0.383 e. The van der Waals surface area contributed by atoms with Gasteiger partial charge in [0.2, 0.25) is 0 Å². The number of methoxy groups -OCH3 is 1. The summed E-state index contributed by atoms with van der Waals surface area (Å²) >= 11 is 1.72. The van der Waals surface area contributed by atoms with E-state index < -0.39 is 0 Å². The zero-order valence-electron chi connectivity index (χ0n) is 14.5. The molecule has 1 aliphatic carbocycles. The molecule has 0 saturated heterocycles. The smallest absolute Gasteiger partial charge is 0.323 e. The number of hydrogen-bond donors (Lipinski definition) is 1. The third-order valence-electron chi connectivity index (χ3n) is 4.29. The number of fused-ring (bicyclic) bond motifs is 1. The third kappa shape index (κ3) is 3.62. The number of aromatic nitrogens is 2. The van der Waals surface area contributed by atoms with Crippen LogP contribution < -0.4 is 5.32 Å². The number of aryl methyl sites for hydroxylation is 3. The first-order valence-corrected chi connectivity index (χ1v) is 9.05. The molecule has 0 fully saturated rings. The molecule has 2 aromatic heterocycles. The quantitative estimate of drug-likeness (QED) is 0.873. The van der Waals surface area contributed by atoms with Gasteiger partial charge in [-0.3, -0.25) is 10.00 Å². The molecular weight excluding hydrogens is 324 g/mol. The number of nitrogens with zero attached hydrogens (tertiary/aromatic N) is 3. The number of hydrogen-bond acceptors (Lipinski definition) is 4. The molecule has 24 heavy (non-hydrogen) atoms. The van der Waals surface area contributed by atoms with Gasteiger partial charge in [-0.25, -0.2) is 4.79 Å². The summed E-state index contributed by atoms with van der Waals surface area (Å²) in [6, 6.07) is 4.06.